The Bertz CT molecular complexity index is 393. The molecule has 0 unspecified atom stereocenters. The average molecular weight is 237 g/mol. The highest BCUT2D eigenvalue weighted by Gasteiger charge is 2.11. The number of hydrogen-bond donors (Lipinski definition) is 3. The predicted octanol–water partition coefficient (Wildman–Crippen LogP) is 1.33. The molecule has 5 heteroatoms. The van der Waals surface area contributed by atoms with E-state index in [1.54, 1.807) is 18.2 Å². The largest absolute Gasteiger partial charge is 0.478 e. The van der Waals surface area contributed by atoms with E-state index in [0.29, 0.717) is 17.9 Å². The van der Waals surface area contributed by atoms with Gasteiger partial charge in [0.25, 0.3) is 0 Å². The molecule has 4 N–H and O–H groups in total. The molecule has 0 saturated heterocycles. The molecule has 1 aromatic rings. The van der Waals surface area contributed by atoms with Crippen LogP contribution in [0.5, 0.6) is 0 Å². The molecule has 0 heterocycles. The van der Waals surface area contributed by atoms with Crippen LogP contribution in [0.3, 0.4) is 0 Å². The highest BCUT2D eigenvalue weighted by atomic mass is 16.4. The summed E-state index contributed by atoms with van der Waals surface area (Å²) in [6.07, 6.45) is 0. The maximum Gasteiger partial charge on any atom is 0.337 e. The molecule has 5 nitrogen and oxygen atoms in total. The Morgan fingerprint density at radius 2 is 2.24 bits per heavy atom. The minimum atomic E-state index is -0.969. The topological polar surface area (TPSA) is 78.6 Å². The van der Waals surface area contributed by atoms with Gasteiger partial charge >= 0.3 is 5.97 Å². The Balaban J connectivity index is 2.72. The number of carboxylic acid groups (broad SMARTS) is 1. The van der Waals surface area contributed by atoms with Crippen LogP contribution in [0, 0.1) is 0 Å². The second-order valence-electron chi connectivity index (χ2n) is 3.90. The van der Waals surface area contributed by atoms with Gasteiger partial charge in [0.05, 0.1) is 16.9 Å². The number of nitrogens with one attached hydrogen (secondary N) is 1. The molecule has 0 saturated carbocycles. The van der Waals surface area contributed by atoms with Gasteiger partial charge in [0.2, 0.25) is 0 Å². The SMILES string of the molecule is CCN(C)CCNc1c(N)cccc1C(=O)O. The minimum Gasteiger partial charge on any atom is -0.478 e. The van der Waals surface area contributed by atoms with Crippen LogP contribution in [0.2, 0.25) is 0 Å². The number of benzene rings is 1. The molecule has 0 spiro atoms. The summed E-state index contributed by atoms with van der Waals surface area (Å²) in [6, 6.07) is 4.88. The van der Waals surface area contributed by atoms with Crippen molar-refractivity contribution in [2.45, 2.75) is 6.92 Å². The van der Waals surface area contributed by atoms with E-state index < -0.39 is 5.97 Å². The number of anilines is 2. The maximum absolute atomic E-state index is 11.0. The van der Waals surface area contributed by atoms with Gasteiger partial charge in [0.1, 0.15) is 0 Å². The Morgan fingerprint density at radius 1 is 1.53 bits per heavy atom. The summed E-state index contributed by atoms with van der Waals surface area (Å²) in [6.45, 7) is 4.53. The molecular formula is C12H19N3O2. The molecule has 17 heavy (non-hydrogen) atoms. The van der Waals surface area contributed by atoms with E-state index >= 15 is 0 Å². The summed E-state index contributed by atoms with van der Waals surface area (Å²) in [5, 5.41) is 12.1. The fraction of sp³-hybridized carbons (Fsp3) is 0.417. The Hall–Kier alpha value is -1.75. The Labute approximate surface area is 101 Å². The molecule has 1 rings (SSSR count). The first kappa shape index (κ1) is 13.3. The van der Waals surface area contributed by atoms with Gasteiger partial charge < -0.3 is 21.1 Å². The molecule has 0 radical (unpaired) electrons. The first-order valence-corrected chi connectivity index (χ1v) is 5.60. The van der Waals surface area contributed by atoms with E-state index in [4.69, 9.17) is 10.8 Å². The van der Waals surface area contributed by atoms with Crippen molar-refractivity contribution in [3.8, 4) is 0 Å². The number of nitrogens with zero attached hydrogens (tertiary/aromatic N) is 1. The van der Waals surface area contributed by atoms with Crippen molar-refractivity contribution in [2.24, 2.45) is 0 Å². The molecule has 0 aliphatic heterocycles. The third kappa shape index (κ3) is 3.64. The predicted molar refractivity (Wildman–Crippen MR) is 69.5 cm³/mol. The van der Waals surface area contributed by atoms with Gasteiger partial charge in [-0.25, -0.2) is 4.79 Å². The molecule has 0 aliphatic carbocycles. The summed E-state index contributed by atoms with van der Waals surface area (Å²) >= 11 is 0. The number of para-hydroxylation sites is 1. The van der Waals surface area contributed by atoms with Gasteiger partial charge in [-0.2, -0.15) is 0 Å². The van der Waals surface area contributed by atoms with Crippen LogP contribution < -0.4 is 11.1 Å². The van der Waals surface area contributed by atoms with Gasteiger partial charge in [0.15, 0.2) is 0 Å². The second-order valence-corrected chi connectivity index (χ2v) is 3.90. The number of nitrogen functional groups attached to an aromatic ring is 1. The molecule has 0 amide bonds. The van der Waals surface area contributed by atoms with Crippen molar-refractivity contribution >= 4 is 17.3 Å². The van der Waals surface area contributed by atoms with Crippen molar-refractivity contribution in [3.05, 3.63) is 23.8 Å². The van der Waals surface area contributed by atoms with Crippen LogP contribution in [0.4, 0.5) is 11.4 Å². The third-order valence-corrected chi connectivity index (χ3v) is 2.66. The van der Waals surface area contributed by atoms with Gasteiger partial charge in [-0.3, -0.25) is 0 Å². The molecule has 0 fully saturated rings. The maximum atomic E-state index is 11.0. The number of likely N-dealkylation sites (N-methyl/N-ethyl adjacent to an activating group) is 1. The van der Waals surface area contributed by atoms with Crippen LogP contribution in [-0.4, -0.2) is 42.7 Å². The minimum absolute atomic E-state index is 0.212. The fourth-order valence-corrected chi connectivity index (χ4v) is 1.48. The summed E-state index contributed by atoms with van der Waals surface area (Å²) in [7, 11) is 2.01. The van der Waals surface area contributed by atoms with E-state index in [0.717, 1.165) is 13.1 Å². The molecular weight excluding hydrogens is 218 g/mol. The number of rotatable bonds is 6. The molecule has 0 aromatic heterocycles. The third-order valence-electron chi connectivity index (χ3n) is 2.66. The number of nitrogens with two attached hydrogens (primary N) is 1. The van der Waals surface area contributed by atoms with Crippen LogP contribution in [0.1, 0.15) is 17.3 Å². The lowest BCUT2D eigenvalue weighted by Gasteiger charge is -2.16. The zero-order valence-corrected chi connectivity index (χ0v) is 10.2. The molecule has 0 aliphatic rings. The second kappa shape index (κ2) is 6.10. The van der Waals surface area contributed by atoms with Crippen LogP contribution in [0.25, 0.3) is 0 Å². The monoisotopic (exact) mass is 237 g/mol. The van der Waals surface area contributed by atoms with Gasteiger partial charge in [-0.05, 0) is 25.7 Å². The zero-order valence-electron chi connectivity index (χ0n) is 10.2. The molecule has 0 bridgehead atoms. The molecule has 1 aromatic carbocycles. The lowest BCUT2D eigenvalue weighted by molar-refractivity contribution is 0.0698. The van der Waals surface area contributed by atoms with Crippen molar-refractivity contribution < 1.29 is 9.90 Å². The first-order valence-electron chi connectivity index (χ1n) is 5.60. The highest BCUT2D eigenvalue weighted by Crippen LogP contribution is 2.23. The zero-order chi connectivity index (χ0) is 12.8. The van der Waals surface area contributed by atoms with Crippen LogP contribution >= 0.6 is 0 Å². The lowest BCUT2D eigenvalue weighted by Crippen LogP contribution is -2.25. The summed E-state index contributed by atoms with van der Waals surface area (Å²) in [4.78, 5) is 13.2. The Kier molecular flexibility index (Phi) is 4.78. The smallest absolute Gasteiger partial charge is 0.337 e. The van der Waals surface area contributed by atoms with Crippen LogP contribution in [0.15, 0.2) is 18.2 Å². The number of carbonyl (C=O) groups is 1. The fourth-order valence-electron chi connectivity index (χ4n) is 1.48. The number of aromatic carboxylic acids is 1. The van der Waals surface area contributed by atoms with E-state index in [2.05, 4.69) is 17.1 Å². The Morgan fingerprint density at radius 3 is 2.82 bits per heavy atom. The normalized spacial score (nSPS) is 10.5. The van der Waals surface area contributed by atoms with Gasteiger partial charge in [-0.15, -0.1) is 0 Å². The summed E-state index contributed by atoms with van der Waals surface area (Å²) in [5.74, 6) is -0.969. The lowest BCUT2D eigenvalue weighted by atomic mass is 10.1. The number of carboxylic acids is 1. The molecule has 0 atom stereocenters. The van der Waals surface area contributed by atoms with E-state index in [9.17, 15) is 4.79 Å². The standard InChI is InChI=1S/C12H19N3O2/c1-3-15(2)8-7-14-11-9(12(16)17)5-4-6-10(11)13/h4-6,14H,3,7-8,13H2,1-2H3,(H,16,17). The van der Waals surface area contributed by atoms with E-state index in [1.165, 1.54) is 0 Å². The summed E-state index contributed by atoms with van der Waals surface area (Å²) < 4.78 is 0. The van der Waals surface area contributed by atoms with Crippen molar-refractivity contribution in [1.29, 1.82) is 0 Å². The van der Waals surface area contributed by atoms with Gasteiger partial charge in [0, 0.05) is 13.1 Å². The average Bonchev–Trinajstić information content (AvgIpc) is 2.30. The summed E-state index contributed by atoms with van der Waals surface area (Å²) in [5.41, 5.74) is 6.95. The quantitative estimate of drug-likeness (QED) is 0.650. The molecule has 94 valence electrons. The van der Waals surface area contributed by atoms with Crippen molar-refractivity contribution in [3.63, 3.8) is 0 Å². The van der Waals surface area contributed by atoms with Crippen molar-refractivity contribution in [1.82, 2.24) is 4.90 Å². The van der Waals surface area contributed by atoms with E-state index in [-0.39, 0.29) is 5.56 Å². The highest BCUT2D eigenvalue weighted by molar-refractivity contribution is 5.97. The first-order chi connectivity index (χ1) is 8.06. The van der Waals surface area contributed by atoms with Crippen LogP contribution in [-0.2, 0) is 0 Å². The van der Waals surface area contributed by atoms with Gasteiger partial charge in [-0.1, -0.05) is 13.0 Å². The van der Waals surface area contributed by atoms with E-state index in [1.807, 2.05) is 7.05 Å². The number of hydrogen-bond acceptors (Lipinski definition) is 4. The van der Waals surface area contributed by atoms with Crippen molar-refractivity contribution in [2.75, 3.05) is 37.7 Å².